The maximum absolute atomic E-state index is 13.0. The van der Waals surface area contributed by atoms with Crippen LogP contribution in [0, 0.1) is 0 Å². The zero-order valence-electron chi connectivity index (χ0n) is 21.7. The molecule has 0 spiro atoms. The summed E-state index contributed by atoms with van der Waals surface area (Å²) >= 11 is 0. The van der Waals surface area contributed by atoms with E-state index in [0.717, 1.165) is 24.0 Å². The lowest BCUT2D eigenvalue weighted by Gasteiger charge is -2.34. The number of carbonyl (C=O) groups is 4. The molecule has 8 heteroatoms. The SMILES string of the molecule is [2H]C(Cc1ccc(CC2=C(C)C(=O)C(OC)=C(OC)C2=O)cc1)C(=O)N1CCCCC1C(=O)OCC. The molecule has 2 unspecified atom stereocenters. The Hall–Kier alpha value is -3.42. The number of benzene rings is 1. The number of allylic oxidation sites excluding steroid dienone is 2. The third-order valence-electron chi connectivity index (χ3n) is 6.36. The molecule has 2 atom stereocenters. The highest BCUT2D eigenvalue weighted by Crippen LogP contribution is 2.28. The highest BCUT2D eigenvalue weighted by Gasteiger charge is 2.35. The van der Waals surface area contributed by atoms with Gasteiger partial charge in [-0.05, 0) is 50.7 Å². The maximum atomic E-state index is 13.0. The van der Waals surface area contributed by atoms with Crippen LogP contribution >= 0.6 is 0 Å². The Morgan fingerprint density at radius 1 is 1.03 bits per heavy atom. The van der Waals surface area contributed by atoms with Crippen LogP contribution in [0.25, 0.3) is 0 Å². The first-order valence-electron chi connectivity index (χ1n) is 12.4. The van der Waals surface area contributed by atoms with Gasteiger partial charge in [-0.2, -0.15) is 0 Å². The van der Waals surface area contributed by atoms with E-state index in [1.54, 1.807) is 13.8 Å². The number of likely N-dealkylation sites (tertiary alicyclic amines) is 1. The van der Waals surface area contributed by atoms with Gasteiger partial charge < -0.3 is 19.1 Å². The lowest BCUT2D eigenvalue weighted by Crippen LogP contribution is -2.48. The topological polar surface area (TPSA) is 99.2 Å². The van der Waals surface area contributed by atoms with Crippen LogP contribution in [0.2, 0.25) is 0 Å². The van der Waals surface area contributed by atoms with Gasteiger partial charge in [0.2, 0.25) is 29.0 Å². The van der Waals surface area contributed by atoms with Crippen LogP contribution in [0.15, 0.2) is 46.9 Å². The van der Waals surface area contributed by atoms with Gasteiger partial charge in [0.05, 0.1) is 20.8 Å². The predicted molar refractivity (Wildman–Crippen MR) is 128 cm³/mol. The summed E-state index contributed by atoms with van der Waals surface area (Å²) < 4.78 is 23.8. The molecular formula is C27H33NO7. The van der Waals surface area contributed by atoms with Crippen molar-refractivity contribution in [1.29, 1.82) is 0 Å². The third kappa shape index (κ3) is 5.81. The number of ether oxygens (including phenoxy) is 3. The van der Waals surface area contributed by atoms with Crippen LogP contribution < -0.4 is 0 Å². The molecule has 35 heavy (non-hydrogen) atoms. The normalized spacial score (nSPS) is 19.9. The molecule has 0 saturated carbocycles. The molecule has 3 rings (SSSR count). The van der Waals surface area contributed by atoms with E-state index in [-0.39, 0.29) is 48.4 Å². The molecule has 188 valence electrons. The number of piperidine rings is 1. The van der Waals surface area contributed by atoms with Crippen molar-refractivity contribution in [2.45, 2.75) is 58.4 Å². The summed E-state index contributed by atoms with van der Waals surface area (Å²) in [5.41, 5.74) is 2.25. The molecule has 8 nitrogen and oxygen atoms in total. The molecule has 0 radical (unpaired) electrons. The summed E-state index contributed by atoms with van der Waals surface area (Å²) in [6.45, 7) is 4.02. The minimum absolute atomic E-state index is 0.0934. The number of hydrogen-bond acceptors (Lipinski definition) is 7. The average molecular weight is 485 g/mol. The molecule has 1 aliphatic heterocycles. The van der Waals surface area contributed by atoms with E-state index in [1.165, 1.54) is 19.1 Å². The van der Waals surface area contributed by atoms with Crippen molar-refractivity contribution >= 4 is 23.4 Å². The summed E-state index contributed by atoms with van der Waals surface area (Å²) in [5, 5.41) is 0. The molecule has 1 heterocycles. The summed E-state index contributed by atoms with van der Waals surface area (Å²) in [6, 6.07) is 6.62. The Morgan fingerprint density at radius 2 is 1.66 bits per heavy atom. The van der Waals surface area contributed by atoms with Gasteiger partial charge in [0, 0.05) is 31.9 Å². The second kappa shape index (κ2) is 11.8. The summed E-state index contributed by atoms with van der Waals surface area (Å²) in [7, 11) is 2.65. The first kappa shape index (κ1) is 24.7. The van der Waals surface area contributed by atoms with Crippen LogP contribution in [0.3, 0.4) is 0 Å². The van der Waals surface area contributed by atoms with Crippen molar-refractivity contribution < 1.29 is 34.8 Å². The van der Waals surface area contributed by atoms with Crippen molar-refractivity contribution in [1.82, 2.24) is 4.90 Å². The van der Waals surface area contributed by atoms with E-state index in [9.17, 15) is 19.2 Å². The van der Waals surface area contributed by atoms with Crippen LogP contribution in [0.1, 0.15) is 52.0 Å². The van der Waals surface area contributed by atoms with E-state index in [2.05, 4.69) is 0 Å². The van der Waals surface area contributed by atoms with Gasteiger partial charge in [0.1, 0.15) is 6.04 Å². The standard InChI is InChI=1S/C27H33NO7/c1-5-35-27(32)21-8-6-7-15-28(21)22(29)14-13-18-9-11-19(12-10-18)16-20-17(2)23(30)25(33-3)26(34-4)24(20)31/h9-12,21H,5-8,13-16H2,1-4H3/i14D. The Balaban J connectivity index is 1.68. The van der Waals surface area contributed by atoms with E-state index in [4.69, 9.17) is 15.6 Å². The number of rotatable bonds is 9. The Bertz CT molecular complexity index is 1090. The molecule has 2 aliphatic rings. The molecule has 0 N–H and O–H groups in total. The molecule has 1 aliphatic carbocycles. The fourth-order valence-electron chi connectivity index (χ4n) is 4.40. The van der Waals surface area contributed by atoms with Crippen molar-refractivity contribution in [3.8, 4) is 0 Å². The number of methoxy groups -OCH3 is 2. The number of hydrogen-bond donors (Lipinski definition) is 0. The van der Waals surface area contributed by atoms with Crippen LogP contribution in [-0.4, -0.2) is 61.8 Å². The highest BCUT2D eigenvalue weighted by atomic mass is 16.5. The number of carbonyl (C=O) groups excluding carboxylic acids is 4. The maximum Gasteiger partial charge on any atom is 0.328 e. The molecule has 1 saturated heterocycles. The number of Topliss-reactive ketones (excluding diaryl/α,β-unsaturated/α-hetero) is 2. The number of aryl methyl sites for hydroxylation is 1. The van der Waals surface area contributed by atoms with Crippen molar-refractivity contribution in [3.05, 3.63) is 58.1 Å². The fourth-order valence-corrected chi connectivity index (χ4v) is 4.40. The van der Waals surface area contributed by atoms with Crippen LogP contribution in [-0.2, 0) is 46.2 Å². The third-order valence-corrected chi connectivity index (χ3v) is 6.36. The smallest absolute Gasteiger partial charge is 0.328 e. The van der Waals surface area contributed by atoms with Gasteiger partial charge in [0.25, 0.3) is 0 Å². The highest BCUT2D eigenvalue weighted by molar-refractivity contribution is 6.23. The first-order valence-corrected chi connectivity index (χ1v) is 11.8. The van der Waals surface area contributed by atoms with Crippen molar-refractivity contribution in [2.24, 2.45) is 0 Å². The molecule has 1 fully saturated rings. The Labute approximate surface area is 207 Å². The first-order chi connectivity index (χ1) is 17.2. The molecule has 1 aromatic carbocycles. The zero-order chi connectivity index (χ0) is 26.4. The molecule has 0 bridgehead atoms. The van der Waals surface area contributed by atoms with E-state index < -0.39 is 18.4 Å². The van der Waals surface area contributed by atoms with E-state index >= 15 is 0 Å². The summed E-state index contributed by atoms with van der Waals surface area (Å²) in [5.74, 6) is -1.75. The molecular weight excluding hydrogens is 450 g/mol. The lowest BCUT2D eigenvalue weighted by atomic mass is 9.88. The Morgan fingerprint density at radius 3 is 2.29 bits per heavy atom. The second-order valence-corrected chi connectivity index (χ2v) is 8.53. The Kier molecular flexibility index (Phi) is 8.34. The van der Waals surface area contributed by atoms with Crippen LogP contribution in [0.5, 0.6) is 0 Å². The van der Waals surface area contributed by atoms with Gasteiger partial charge in [0.15, 0.2) is 0 Å². The number of nitrogens with zero attached hydrogens (tertiary/aromatic N) is 1. The number of esters is 1. The summed E-state index contributed by atoms with van der Waals surface area (Å²) in [6.07, 6.45) is 1.57. The van der Waals surface area contributed by atoms with Gasteiger partial charge in [-0.3, -0.25) is 14.4 Å². The predicted octanol–water partition coefficient (Wildman–Crippen LogP) is 3.08. The average Bonchev–Trinajstić information content (AvgIpc) is 2.89. The van der Waals surface area contributed by atoms with Crippen LogP contribution in [0.4, 0.5) is 0 Å². The summed E-state index contributed by atoms with van der Waals surface area (Å²) in [4.78, 5) is 52.2. The minimum Gasteiger partial charge on any atom is -0.489 e. The zero-order valence-corrected chi connectivity index (χ0v) is 20.7. The van der Waals surface area contributed by atoms with Gasteiger partial charge in [-0.1, -0.05) is 24.3 Å². The quantitative estimate of drug-likeness (QED) is 0.392. The molecule has 1 aromatic rings. The largest absolute Gasteiger partial charge is 0.489 e. The van der Waals surface area contributed by atoms with Crippen molar-refractivity contribution in [2.75, 3.05) is 27.4 Å². The van der Waals surface area contributed by atoms with Crippen molar-refractivity contribution in [3.63, 3.8) is 0 Å². The van der Waals surface area contributed by atoms with E-state index in [0.29, 0.717) is 24.1 Å². The van der Waals surface area contributed by atoms with E-state index in [1.807, 2.05) is 24.3 Å². The lowest BCUT2D eigenvalue weighted by molar-refractivity contribution is -0.156. The fraction of sp³-hybridized carbons (Fsp3) is 0.481. The molecule has 1 amide bonds. The van der Waals surface area contributed by atoms with Gasteiger partial charge in [-0.25, -0.2) is 4.79 Å². The van der Waals surface area contributed by atoms with Gasteiger partial charge in [-0.15, -0.1) is 0 Å². The second-order valence-electron chi connectivity index (χ2n) is 8.53. The number of amides is 1. The monoisotopic (exact) mass is 484 g/mol. The molecule has 0 aromatic heterocycles. The number of ketones is 2. The minimum atomic E-state index is -1.05. The van der Waals surface area contributed by atoms with Gasteiger partial charge >= 0.3 is 5.97 Å².